The van der Waals surface area contributed by atoms with Crippen LogP contribution in [0.5, 0.6) is 0 Å². The first-order chi connectivity index (χ1) is 8.54. The molecule has 0 aliphatic heterocycles. The fourth-order valence-electron chi connectivity index (χ4n) is 1.76. The molecule has 0 N–H and O–H groups in total. The van der Waals surface area contributed by atoms with Crippen LogP contribution in [0.25, 0.3) is 0 Å². The molecule has 2 rings (SSSR count). The number of hydrogen-bond donors (Lipinski definition) is 0. The van der Waals surface area contributed by atoms with Crippen LogP contribution in [-0.4, -0.2) is 17.0 Å². The van der Waals surface area contributed by atoms with Gasteiger partial charge in [-0.15, -0.1) is 0 Å². The zero-order chi connectivity index (χ0) is 13.1. The van der Waals surface area contributed by atoms with E-state index in [-0.39, 0.29) is 0 Å². The standard InChI is InChI=1S/C14H16ClN3/c1-10-4-6-12(7-5-10)9-18(3)14-8-13(15)16-11(2)17-14/h4-8H,9H2,1-3H3. The second-order valence-electron chi connectivity index (χ2n) is 4.44. The van der Waals surface area contributed by atoms with Crippen molar-refractivity contribution in [1.82, 2.24) is 9.97 Å². The van der Waals surface area contributed by atoms with Gasteiger partial charge in [-0.1, -0.05) is 41.4 Å². The molecule has 0 fully saturated rings. The Bertz CT molecular complexity index is 517. The average Bonchev–Trinajstić information content (AvgIpc) is 2.31. The molecule has 1 aromatic heterocycles. The van der Waals surface area contributed by atoms with Crippen molar-refractivity contribution < 1.29 is 0 Å². The number of benzene rings is 1. The monoisotopic (exact) mass is 261 g/mol. The van der Waals surface area contributed by atoms with E-state index in [1.165, 1.54) is 11.1 Å². The lowest BCUT2D eigenvalue weighted by molar-refractivity contribution is 0.879. The lowest BCUT2D eigenvalue weighted by Gasteiger charge is -2.18. The molecule has 0 amide bonds. The fourth-order valence-corrected chi connectivity index (χ4v) is 1.98. The van der Waals surface area contributed by atoms with E-state index < -0.39 is 0 Å². The molecule has 0 radical (unpaired) electrons. The molecule has 0 spiro atoms. The summed E-state index contributed by atoms with van der Waals surface area (Å²) in [4.78, 5) is 10.5. The lowest BCUT2D eigenvalue weighted by Crippen LogP contribution is -2.18. The van der Waals surface area contributed by atoms with Crippen molar-refractivity contribution >= 4 is 17.4 Å². The molecule has 2 aromatic rings. The quantitative estimate of drug-likeness (QED) is 0.793. The Hall–Kier alpha value is -1.61. The van der Waals surface area contributed by atoms with E-state index in [2.05, 4.69) is 46.1 Å². The zero-order valence-corrected chi connectivity index (χ0v) is 11.6. The first kappa shape index (κ1) is 12.8. The topological polar surface area (TPSA) is 29.0 Å². The number of aromatic nitrogens is 2. The van der Waals surface area contributed by atoms with Crippen LogP contribution in [0.3, 0.4) is 0 Å². The van der Waals surface area contributed by atoms with Crippen molar-refractivity contribution in [3.8, 4) is 0 Å². The Kier molecular flexibility index (Phi) is 3.82. The SMILES string of the molecule is Cc1ccc(CN(C)c2cc(Cl)nc(C)n2)cc1. The average molecular weight is 262 g/mol. The third kappa shape index (κ3) is 3.20. The summed E-state index contributed by atoms with van der Waals surface area (Å²) in [6.07, 6.45) is 0. The number of hydrogen-bond acceptors (Lipinski definition) is 3. The highest BCUT2D eigenvalue weighted by Gasteiger charge is 2.06. The first-order valence-corrected chi connectivity index (χ1v) is 6.20. The van der Waals surface area contributed by atoms with Crippen molar-refractivity contribution in [2.24, 2.45) is 0 Å². The van der Waals surface area contributed by atoms with E-state index in [1.807, 2.05) is 14.0 Å². The number of anilines is 1. The van der Waals surface area contributed by atoms with Gasteiger partial charge in [0.1, 0.15) is 16.8 Å². The minimum atomic E-state index is 0.480. The van der Waals surface area contributed by atoms with E-state index in [1.54, 1.807) is 6.07 Å². The molecule has 18 heavy (non-hydrogen) atoms. The highest BCUT2D eigenvalue weighted by Crippen LogP contribution is 2.17. The normalized spacial score (nSPS) is 10.4. The largest absolute Gasteiger partial charge is 0.355 e. The van der Waals surface area contributed by atoms with Gasteiger partial charge in [0.2, 0.25) is 0 Å². The Morgan fingerprint density at radius 1 is 1.11 bits per heavy atom. The van der Waals surface area contributed by atoms with Crippen LogP contribution in [0, 0.1) is 13.8 Å². The van der Waals surface area contributed by atoms with Gasteiger partial charge in [-0.3, -0.25) is 0 Å². The Morgan fingerprint density at radius 3 is 2.39 bits per heavy atom. The van der Waals surface area contributed by atoms with Crippen molar-refractivity contribution in [3.05, 3.63) is 52.4 Å². The molecule has 94 valence electrons. The molecule has 0 saturated carbocycles. The van der Waals surface area contributed by atoms with Crippen molar-refractivity contribution in [1.29, 1.82) is 0 Å². The summed E-state index contributed by atoms with van der Waals surface area (Å²) in [6.45, 7) is 4.73. The van der Waals surface area contributed by atoms with Crippen molar-refractivity contribution in [2.45, 2.75) is 20.4 Å². The van der Waals surface area contributed by atoms with Gasteiger partial charge in [0.25, 0.3) is 0 Å². The summed E-state index contributed by atoms with van der Waals surface area (Å²) < 4.78 is 0. The Morgan fingerprint density at radius 2 is 1.78 bits per heavy atom. The number of nitrogens with zero attached hydrogens (tertiary/aromatic N) is 3. The van der Waals surface area contributed by atoms with E-state index in [4.69, 9.17) is 11.6 Å². The lowest BCUT2D eigenvalue weighted by atomic mass is 10.1. The predicted molar refractivity (Wildman–Crippen MR) is 75.1 cm³/mol. The van der Waals surface area contributed by atoms with Crippen LogP contribution in [0.1, 0.15) is 17.0 Å². The maximum absolute atomic E-state index is 5.94. The van der Waals surface area contributed by atoms with Gasteiger partial charge >= 0.3 is 0 Å². The van der Waals surface area contributed by atoms with Gasteiger partial charge in [-0.2, -0.15) is 0 Å². The molecule has 0 aliphatic carbocycles. The van der Waals surface area contributed by atoms with E-state index in [0.717, 1.165) is 12.4 Å². The molecular formula is C14H16ClN3. The molecule has 0 bridgehead atoms. The van der Waals surface area contributed by atoms with Crippen LogP contribution in [0.2, 0.25) is 5.15 Å². The van der Waals surface area contributed by atoms with Gasteiger partial charge in [0.05, 0.1) is 0 Å². The summed E-state index contributed by atoms with van der Waals surface area (Å²) in [5, 5.41) is 0.480. The number of aryl methyl sites for hydroxylation is 2. The minimum Gasteiger partial charge on any atom is -0.355 e. The summed E-state index contributed by atoms with van der Waals surface area (Å²) >= 11 is 5.94. The molecule has 1 heterocycles. The third-order valence-electron chi connectivity index (χ3n) is 2.72. The van der Waals surface area contributed by atoms with Crippen LogP contribution >= 0.6 is 11.6 Å². The summed E-state index contributed by atoms with van der Waals surface area (Å²) in [5.74, 6) is 1.53. The second-order valence-corrected chi connectivity index (χ2v) is 4.82. The first-order valence-electron chi connectivity index (χ1n) is 5.82. The van der Waals surface area contributed by atoms with Crippen LogP contribution < -0.4 is 4.90 Å². The molecule has 1 aromatic carbocycles. The molecular weight excluding hydrogens is 246 g/mol. The van der Waals surface area contributed by atoms with Crippen LogP contribution in [-0.2, 0) is 6.54 Å². The molecule has 4 heteroatoms. The summed E-state index contributed by atoms with van der Waals surface area (Å²) in [5.41, 5.74) is 2.51. The minimum absolute atomic E-state index is 0.480. The summed E-state index contributed by atoms with van der Waals surface area (Å²) in [7, 11) is 2.00. The molecule has 0 saturated heterocycles. The van der Waals surface area contributed by atoms with Gasteiger partial charge in [0.15, 0.2) is 0 Å². The maximum Gasteiger partial charge on any atom is 0.134 e. The fraction of sp³-hybridized carbons (Fsp3) is 0.286. The van der Waals surface area contributed by atoms with Gasteiger partial charge < -0.3 is 4.90 Å². The molecule has 3 nitrogen and oxygen atoms in total. The van der Waals surface area contributed by atoms with Crippen LogP contribution in [0.15, 0.2) is 30.3 Å². The molecule has 0 aliphatic rings. The third-order valence-corrected chi connectivity index (χ3v) is 2.92. The van der Waals surface area contributed by atoms with Gasteiger partial charge in [-0.25, -0.2) is 9.97 Å². The smallest absolute Gasteiger partial charge is 0.134 e. The van der Waals surface area contributed by atoms with E-state index in [0.29, 0.717) is 11.0 Å². The van der Waals surface area contributed by atoms with Crippen LogP contribution in [0.4, 0.5) is 5.82 Å². The van der Waals surface area contributed by atoms with E-state index in [9.17, 15) is 0 Å². The Labute approximate surface area is 112 Å². The Balaban J connectivity index is 2.16. The van der Waals surface area contributed by atoms with Gasteiger partial charge in [-0.05, 0) is 19.4 Å². The zero-order valence-electron chi connectivity index (χ0n) is 10.8. The van der Waals surface area contributed by atoms with E-state index >= 15 is 0 Å². The van der Waals surface area contributed by atoms with Crippen molar-refractivity contribution in [3.63, 3.8) is 0 Å². The number of rotatable bonds is 3. The summed E-state index contributed by atoms with van der Waals surface area (Å²) in [6, 6.07) is 10.3. The van der Waals surface area contributed by atoms with Gasteiger partial charge in [0, 0.05) is 19.7 Å². The molecule has 0 unspecified atom stereocenters. The van der Waals surface area contributed by atoms with Crippen molar-refractivity contribution in [2.75, 3.05) is 11.9 Å². The molecule has 0 atom stereocenters. The highest BCUT2D eigenvalue weighted by atomic mass is 35.5. The number of halogens is 1. The predicted octanol–water partition coefficient (Wildman–Crippen LogP) is 3.38. The highest BCUT2D eigenvalue weighted by molar-refractivity contribution is 6.29. The second kappa shape index (κ2) is 5.36. The maximum atomic E-state index is 5.94.